The van der Waals surface area contributed by atoms with Crippen molar-refractivity contribution in [3.05, 3.63) is 28.1 Å². The van der Waals surface area contributed by atoms with Crippen molar-refractivity contribution in [2.75, 3.05) is 0 Å². The zero-order valence-electron chi connectivity index (χ0n) is 7.68. The highest BCUT2D eigenvalue weighted by atomic mass is 35.5. The monoisotopic (exact) mass is 229 g/mol. The molecule has 0 radical (unpaired) electrons. The van der Waals surface area contributed by atoms with Gasteiger partial charge in [0.05, 0.1) is 5.02 Å². The summed E-state index contributed by atoms with van der Waals surface area (Å²) in [6, 6.07) is 3.54. The summed E-state index contributed by atoms with van der Waals surface area (Å²) in [4.78, 5) is 4.29. The average Bonchev–Trinajstić information content (AvgIpc) is 2.56. The third kappa shape index (κ3) is 1.60. The molecule has 0 spiro atoms. The molecule has 0 atom stereocenters. The van der Waals surface area contributed by atoms with Crippen LogP contribution in [-0.4, -0.2) is 4.98 Å². The highest BCUT2D eigenvalue weighted by Crippen LogP contribution is 2.31. The van der Waals surface area contributed by atoms with Crippen molar-refractivity contribution in [2.24, 2.45) is 0 Å². The second kappa shape index (κ2) is 3.79. The van der Waals surface area contributed by atoms with Crippen molar-refractivity contribution in [1.82, 2.24) is 4.98 Å². The summed E-state index contributed by atoms with van der Waals surface area (Å²) in [5.41, 5.74) is 1.35. The van der Waals surface area contributed by atoms with Gasteiger partial charge in [0, 0.05) is 6.42 Å². The molecule has 1 heterocycles. The van der Waals surface area contributed by atoms with Gasteiger partial charge in [-0.25, -0.2) is 4.98 Å². The fraction of sp³-hybridized carbons (Fsp3) is 0.300. The van der Waals surface area contributed by atoms with Crippen LogP contribution in [0.15, 0.2) is 16.5 Å². The number of aryl methyl sites for hydroxylation is 1. The van der Waals surface area contributed by atoms with Crippen LogP contribution in [0.25, 0.3) is 11.1 Å². The lowest BCUT2D eigenvalue weighted by Gasteiger charge is -1.93. The lowest BCUT2D eigenvalue weighted by molar-refractivity contribution is 0.525. The molecule has 0 N–H and O–H groups in total. The van der Waals surface area contributed by atoms with Gasteiger partial charge in [-0.1, -0.05) is 30.1 Å². The van der Waals surface area contributed by atoms with E-state index >= 15 is 0 Å². The first kappa shape index (κ1) is 9.81. The molecule has 0 aliphatic carbocycles. The Morgan fingerprint density at radius 3 is 2.86 bits per heavy atom. The van der Waals surface area contributed by atoms with Gasteiger partial charge in [0.15, 0.2) is 11.5 Å². The Bertz CT molecular complexity index is 464. The van der Waals surface area contributed by atoms with Crippen molar-refractivity contribution >= 4 is 34.3 Å². The molecule has 4 heteroatoms. The number of hydrogen-bond acceptors (Lipinski definition) is 2. The molecule has 0 saturated heterocycles. The van der Waals surface area contributed by atoms with E-state index in [0.717, 1.165) is 18.4 Å². The highest BCUT2D eigenvalue weighted by molar-refractivity contribution is 6.44. The number of rotatable bonds is 2. The van der Waals surface area contributed by atoms with E-state index in [1.165, 1.54) is 0 Å². The lowest BCUT2D eigenvalue weighted by atomic mass is 10.3. The number of fused-ring (bicyclic) bond motifs is 1. The highest BCUT2D eigenvalue weighted by Gasteiger charge is 2.10. The van der Waals surface area contributed by atoms with Gasteiger partial charge in [-0.15, -0.1) is 0 Å². The van der Waals surface area contributed by atoms with Gasteiger partial charge >= 0.3 is 0 Å². The number of nitrogens with zero attached hydrogens (tertiary/aromatic N) is 1. The Morgan fingerprint density at radius 2 is 2.14 bits per heavy atom. The maximum absolute atomic E-state index is 5.97. The molecule has 1 aromatic carbocycles. The Labute approximate surface area is 91.8 Å². The maximum Gasteiger partial charge on any atom is 0.195 e. The molecule has 2 nitrogen and oxygen atoms in total. The van der Waals surface area contributed by atoms with E-state index in [2.05, 4.69) is 11.9 Å². The quantitative estimate of drug-likeness (QED) is 0.776. The van der Waals surface area contributed by atoms with Crippen LogP contribution in [0.4, 0.5) is 0 Å². The molecule has 0 amide bonds. The van der Waals surface area contributed by atoms with E-state index in [9.17, 15) is 0 Å². The van der Waals surface area contributed by atoms with Gasteiger partial charge < -0.3 is 4.42 Å². The summed E-state index contributed by atoms with van der Waals surface area (Å²) in [5, 5.41) is 0.942. The van der Waals surface area contributed by atoms with Crippen LogP contribution < -0.4 is 0 Å². The topological polar surface area (TPSA) is 26.0 Å². The van der Waals surface area contributed by atoms with Gasteiger partial charge in [-0.3, -0.25) is 0 Å². The van der Waals surface area contributed by atoms with Crippen LogP contribution in [0.1, 0.15) is 19.2 Å². The molecule has 0 fully saturated rings. The summed E-state index contributed by atoms with van der Waals surface area (Å²) in [6.07, 6.45) is 1.82. The maximum atomic E-state index is 5.97. The number of oxazole rings is 1. The van der Waals surface area contributed by atoms with E-state index in [0.29, 0.717) is 21.5 Å². The summed E-state index contributed by atoms with van der Waals surface area (Å²) in [5.74, 6) is 0.715. The van der Waals surface area contributed by atoms with Gasteiger partial charge in [0.2, 0.25) is 0 Å². The average molecular weight is 230 g/mol. The largest absolute Gasteiger partial charge is 0.439 e. The van der Waals surface area contributed by atoms with Crippen molar-refractivity contribution in [2.45, 2.75) is 19.8 Å². The zero-order chi connectivity index (χ0) is 10.1. The predicted octanol–water partition coefficient (Wildman–Crippen LogP) is 4.09. The number of hydrogen-bond donors (Lipinski definition) is 0. The Kier molecular flexibility index (Phi) is 2.66. The van der Waals surface area contributed by atoms with Crippen molar-refractivity contribution < 1.29 is 4.42 Å². The van der Waals surface area contributed by atoms with Gasteiger partial charge in [-0.2, -0.15) is 0 Å². The minimum atomic E-state index is 0.444. The Morgan fingerprint density at radius 1 is 1.36 bits per heavy atom. The van der Waals surface area contributed by atoms with Gasteiger partial charge in [-0.05, 0) is 18.6 Å². The van der Waals surface area contributed by atoms with E-state index in [1.54, 1.807) is 6.07 Å². The standard InChI is InChI=1S/C10H9Cl2NO/c1-2-3-8-13-7-5-4-6(11)9(12)10(7)14-8/h4-5H,2-3H2,1H3. The minimum Gasteiger partial charge on any atom is -0.439 e. The van der Waals surface area contributed by atoms with Gasteiger partial charge in [0.1, 0.15) is 10.5 Å². The molecule has 0 aliphatic rings. The SMILES string of the molecule is CCCc1nc2ccc(Cl)c(Cl)c2o1. The van der Waals surface area contributed by atoms with Crippen LogP contribution >= 0.6 is 23.2 Å². The summed E-state index contributed by atoms with van der Waals surface area (Å²) in [7, 11) is 0. The molecule has 74 valence electrons. The second-order valence-corrected chi connectivity index (χ2v) is 3.85. The molecule has 0 aliphatic heterocycles. The molecule has 2 aromatic rings. The number of halogens is 2. The fourth-order valence-electron chi connectivity index (χ4n) is 1.30. The summed E-state index contributed by atoms with van der Waals surface area (Å²) >= 11 is 11.8. The first-order valence-corrected chi connectivity index (χ1v) is 5.21. The van der Waals surface area contributed by atoms with E-state index in [4.69, 9.17) is 27.6 Å². The zero-order valence-corrected chi connectivity index (χ0v) is 9.19. The van der Waals surface area contributed by atoms with Crippen LogP contribution in [0, 0.1) is 0 Å². The first-order chi connectivity index (χ1) is 6.72. The fourth-order valence-corrected chi connectivity index (χ4v) is 1.65. The molecule has 1 aromatic heterocycles. The van der Waals surface area contributed by atoms with Crippen LogP contribution in [0.5, 0.6) is 0 Å². The molecule has 0 unspecified atom stereocenters. The van der Waals surface area contributed by atoms with E-state index in [-0.39, 0.29) is 0 Å². The summed E-state index contributed by atoms with van der Waals surface area (Å²) < 4.78 is 5.49. The lowest BCUT2D eigenvalue weighted by Crippen LogP contribution is -1.79. The van der Waals surface area contributed by atoms with E-state index < -0.39 is 0 Å². The molecule has 2 rings (SSSR count). The smallest absolute Gasteiger partial charge is 0.195 e. The predicted molar refractivity (Wildman–Crippen MR) is 58.0 cm³/mol. The van der Waals surface area contributed by atoms with Crippen LogP contribution in [0.3, 0.4) is 0 Å². The molecule has 0 bridgehead atoms. The number of benzene rings is 1. The normalized spacial score (nSPS) is 11.1. The van der Waals surface area contributed by atoms with Crippen molar-refractivity contribution in [1.29, 1.82) is 0 Å². The third-order valence-corrected chi connectivity index (χ3v) is 2.75. The van der Waals surface area contributed by atoms with Crippen LogP contribution in [-0.2, 0) is 6.42 Å². The molecule has 0 saturated carbocycles. The van der Waals surface area contributed by atoms with Crippen molar-refractivity contribution in [3.8, 4) is 0 Å². The Balaban J connectivity index is 2.59. The third-order valence-electron chi connectivity index (χ3n) is 1.96. The molecule has 14 heavy (non-hydrogen) atoms. The first-order valence-electron chi connectivity index (χ1n) is 4.45. The minimum absolute atomic E-state index is 0.444. The van der Waals surface area contributed by atoms with Crippen molar-refractivity contribution in [3.63, 3.8) is 0 Å². The van der Waals surface area contributed by atoms with E-state index in [1.807, 2.05) is 6.07 Å². The van der Waals surface area contributed by atoms with Gasteiger partial charge in [0.25, 0.3) is 0 Å². The molecular formula is C10H9Cl2NO. The molecular weight excluding hydrogens is 221 g/mol. The Hall–Kier alpha value is -0.730. The number of aromatic nitrogens is 1. The second-order valence-electron chi connectivity index (χ2n) is 3.07. The van der Waals surface area contributed by atoms with Crippen LogP contribution in [0.2, 0.25) is 10.0 Å². The summed E-state index contributed by atoms with van der Waals surface area (Å²) in [6.45, 7) is 2.07.